The van der Waals surface area contributed by atoms with Gasteiger partial charge in [-0.2, -0.15) is 0 Å². The van der Waals surface area contributed by atoms with Crippen molar-refractivity contribution in [1.29, 1.82) is 0 Å². The van der Waals surface area contributed by atoms with Crippen molar-refractivity contribution in [3.05, 3.63) is 35.9 Å². The van der Waals surface area contributed by atoms with Crippen molar-refractivity contribution >= 4 is 12.0 Å². The van der Waals surface area contributed by atoms with Crippen LogP contribution in [0.25, 0.3) is 0 Å². The third kappa shape index (κ3) is 2.35. The first-order valence-corrected chi connectivity index (χ1v) is 6.94. The molecule has 2 aliphatic heterocycles. The van der Waals surface area contributed by atoms with Crippen LogP contribution in [-0.4, -0.2) is 36.5 Å². The lowest BCUT2D eigenvalue weighted by Crippen LogP contribution is -2.36. The first-order chi connectivity index (χ1) is 9.70. The highest BCUT2D eigenvalue weighted by atomic mass is 16.6. The third-order valence-electron chi connectivity index (χ3n) is 4.19. The molecular formula is C15H18N2O3. The number of carbonyl (C=O) groups is 2. The van der Waals surface area contributed by atoms with Crippen LogP contribution in [0.15, 0.2) is 30.3 Å². The Morgan fingerprint density at radius 2 is 2.10 bits per heavy atom. The van der Waals surface area contributed by atoms with Crippen molar-refractivity contribution in [2.75, 3.05) is 19.6 Å². The van der Waals surface area contributed by atoms with Gasteiger partial charge in [-0.05, 0) is 18.4 Å². The first kappa shape index (κ1) is 13.0. The number of hydrogen-bond donors (Lipinski definition) is 1. The van der Waals surface area contributed by atoms with E-state index in [1.807, 2.05) is 30.3 Å². The standard InChI is InChI=1S/C15H18N2O3/c18-13-15(6-8-16-13)7-9-17(11-15)14(19)20-10-12-4-2-1-3-5-12/h1-5H,6-11H2,(H,16,18). The van der Waals surface area contributed by atoms with E-state index in [2.05, 4.69) is 5.32 Å². The van der Waals surface area contributed by atoms with Gasteiger partial charge in [0.1, 0.15) is 6.61 Å². The maximum absolute atomic E-state index is 12.0. The summed E-state index contributed by atoms with van der Waals surface area (Å²) in [5.41, 5.74) is 0.597. The highest BCUT2D eigenvalue weighted by molar-refractivity contribution is 5.86. The largest absolute Gasteiger partial charge is 0.445 e. The fourth-order valence-electron chi connectivity index (χ4n) is 2.94. The van der Waals surface area contributed by atoms with Crippen LogP contribution in [0.1, 0.15) is 18.4 Å². The maximum atomic E-state index is 12.0. The Bertz CT molecular complexity index is 517. The molecule has 2 fully saturated rings. The smallest absolute Gasteiger partial charge is 0.410 e. The van der Waals surface area contributed by atoms with E-state index in [1.54, 1.807) is 4.90 Å². The molecule has 1 atom stereocenters. The van der Waals surface area contributed by atoms with Crippen molar-refractivity contribution in [2.45, 2.75) is 19.4 Å². The fourth-order valence-corrected chi connectivity index (χ4v) is 2.94. The first-order valence-electron chi connectivity index (χ1n) is 6.94. The molecule has 20 heavy (non-hydrogen) atoms. The van der Waals surface area contributed by atoms with Gasteiger partial charge in [-0.3, -0.25) is 4.79 Å². The molecule has 2 amide bonds. The minimum atomic E-state index is -0.369. The number of ether oxygens (including phenoxy) is 1. The number of likely N-dealkylation sites (tertiary alicyclic amines) is 1. The Morgan fingerprint density at radius 1 is 1.30 bits per heavy atom. The lowest BCUT2D eigenvalue weighted by molar-refractivity contribution is -0.126. The van der Waals surface area contributed by atoms with Gasteiger partial charge in [0.15, 0.2) is 0 Å². The molecule has 2 aliphatic rings. The lowest BCUT2D eigenvalue weighted by Gasteiger charge is -2.20. The van der Waals surface area contributed by atoms with Gasteiger partial charge >= 0.3 is 6.09 Å². The van der Waals surface area contributed by atoms with Gasteiger partial charge in [0, 0.05) is 19.6 Å². The number of benzene rings is 1. The van der Waals surface area contributed by atoms with E-state index >= 15 is 0 Å². The normalized spacial score (nSPS) is 25.0. The molecule has 2 saturated heterocycles. The summed E-state index contributed by atoms with van der Waals surface area (Å²) >= 11 is 0. The number of rotatable bonds is 2. The summed E-state index contributed by atoms with van der Waals surface area (Å²) in [7, 11) is 0. The SMILES string of the molecule is O=C(OCc1ccccc1)N1CCC2(CCNC2=O)C1. The number of nitrogens with zero attached hydrogens (tertiary/aromatic N) is 1. The monoisotopic (exact) mass is 274 g/mol. The highest BCUT2D eigenvalue weighted by Gasteiger charge is 2.48. The number of carbonyl (C=O) groups excluding carboxylic acids is 2. The predicted octanol–water partition coefficient (Wildman–Crippen LogP) is 1.54. The van der Waals surface area contributed by atoms with Gasteiger partial charge in [-0.25, -0.2) is 4.79 Å². The van der Waals surface area contributed by atoms with E-state index in [-0.39, 0.29) is 24.0 Å². The van der Waals surface area contributed by atoms with E-state index in [0.717, 1.165) is 18.4 Å². The molecule has 1 aromatic rings. The van der Waals surface area contributed by atoms with Crippen LogP contribution in [0.5, 0.6) is 0 Å². The molecule has 0 aliphatic carbocycles. The zero-order chi connectivity index (χ0) is 14.0. The van der Waals surface area contributed by atoms with E-state index in [4.69, 9.17) is 4.74 Å². The second-order valence-corrected chi connectivity index (χ2v) is 5.50. The van der Waals surface area contributed by atoms with Crippen LogP contribution >= 0.6 is 0 Å². The Kier molecular flexibility index (Phi) is 3.34. The van der Waals surface area contributed by atoms with Gasteiger partial charge in [0.25, 0.3) is 0 Å². The van der Waals surface area contributed by atoms with Crippen molar-refractivity contribution in [3.63, 3.8) is 0 Å². The average Bonchev–Trinajstić information content (AvgIpc) is 3.06. The van der Waals surface area contributed by atoms with Crippen LogP contribution in [0.4, 0.5) is 4.79 Å². The second kappa shape index (κ2) is 5.15. The maximum Gasteiger partial charge on any atom is 0.410 e. The Labute approximate surface area is 117 Å². The molecule has 3 rings (SSSR count). The molecule has 0 radical (unpaired) electrons. The van der Waals surface area contributed by atoms with Crippen LogP contribution in [0, 0.1) is 5.41 Å². The fraction of sp³-hybridized carbons (Fsp3) is 0.467. The molecule has 2 heterocycles. The Hall–Kier alpha value is -2.04. The number of amides is 2. The average molecular weight is 274 g/mol. The topological polar surface area (TPSA) is 58.6 Å². The molecule has 0 aromatic heterocycles. The van der Waals surface area contributed by atoms with E-state index in [9.17, 15) is 9.59 Å². The lowest BCUT2D eigenvalue weighted by atomic mass is 9.86. The summed E-state index contributed by atoms with van der Waals surface area (Å²) < 4.78 is 5.31. The van der Waals surface area contributed by atoms with Crippen molar-refractivity contribution in [1.82, 2.24) is 10.2 Å². The van der Waals surface area contributed by atoms with Gasteiger partial charge < -0.3 is 15.0 Å². The molecule has 0 saturated carbocycles. The van der Waals surface area contributed by atoms with Gasteiger partial charge in [0.05, 0.1) is 5.41 Å². The van der Waals surface area contributed by atoms with Crippen LogP contribution in [0.2, 0.25) is 0 Å². The van der Waals surface area contributed by atoms with Gasteiger partial charge in [0.2, 0.25) is 5.91 Å². The molecular weight excluding hydrogens is 256 g/mol. The zero-order valence-corrected chi connectivity index (χ0v) is 11.3. The van der Waals surface area contributed by atoms with E-state index in [1.165, 1.54) is 0 Å². The molecule has 0 bridgehead atoms. The minimum absolute atomic E-state index is 0.0795. The van der Waals surface area contributed by atoms with Crippen molar-refractivity contribution in [2.24, 2.45) is 5.41 Å². The Balaban J connectivity index is 1.55. The molecule has 5 heteroatoms. The van der Waals surface area contributed by atoms with Crippen LogP contribution in [0.3, 0.4) is 0 Å². The molecule has 106 valence electrons. The van der Waals surface area contributed by atoms with E-state index < -0.39 is 0 Å². The van der Waals surface area contributed by atoms with Gasteiger partial charge in [-0.1, -0.05) is 30.3 Å². The molecule has 1 spiro atoms. The molecule has 1 aromatic carbocycles. The number of hydrogen-bond acceptors (Lipinski definition) is 3. The Morgan fingerprint density at radius 3 is 2.80 bits per heavy atom. The van der Waals surface area contributed by atoms with Crippen LogP contribution in [-0.2, 0) is 16.1 Å². The number of nitrogens with one attached hydrogen (secondary N) is 1. The van der Waals surface area contributed by atoms with E-state index in [0.29, 0.717) is 19.6 Å². The summed E-state index contributed by atoms with van der Waals surface area (Å²) in [6.07, 6.45) is 1.22. The van der Waals surface area contributed by atoms with Gasteiger partial charge in [-0.15, -0.1) is 0 Å². The quantitative estimate of drug-likeness (QED) is 0.890. The molecule has 1 unspecified atom stereocenters. The van der Waals surface area contributed by atoms with Crippen LogP contribution < -0.4 is 5.32 Å². The summed E-state index contributed by atoms with van der Waals surface area (Å²) in [6, 6.07) is 9.59. The zero-order valence-electron chi connectivity index (χ0n) is 11.3. The molecule has 1 N–H and O–H groups in total. The molecule has 5 nitrogen and oxygen atoms in total. The summed E-state index contributed by atoms with van der Waals surface area (Å²) in [5.74, 6) is 0.0795. The van der Waals surface area contributed by atoms with Crippen molar-refractivity contribution in [3.8, 4) is 0 Å². The second-order valence-electron chi connectivity index (χ2n) is 5.50. The summed E-state index contributed by atoms with van der Waals surface area (Å²) in [6.45, 7) is 2.06. The summed E-state index contributed by atoms with van der Waals surface area (Å²) in [5, 5.41) is 2.85. The summed E-state index contributed by atoms with van der Waals surface area (Å²) in [4.78, 5) is 25.5. The van der Waals surface area contributed by atoms with Crippen molar-refractivity contribution < 1.29 is 14.3 Å². The minimum Gasteiger partial charge on any atom is -0.445 e. The predicted molar refractivity (Wildman–Crippen MR) is 72.9 cm³/mol. The third-order valence-corrected chi connectivity index (χ3v) is 4.19. The highest BCUT2D eigenvalue weighted by Crippen LogP contribution is 2.37.